The average Bonchev–Trinajstić information content (AvgIpc) is 1.63. The molecule has 0 aliphatic rings. The Balaban J connectivity index is 0. The molecule has 0 unspecified atom stereocenters. The molecule has 0 aliphatic carbocycles. The van der Waals surface area contributed by atoms with Crippen molar-refractivity contribution in [2.75, 3.05) is 0 Å². The molecule has 1 radical (unpaired) electrons. The van der Waals surface area contributed by atoms with Crippen molar-refractivity contribution in [2.24, 2.45) is 0 Å². The number of Topliss-reactive ketones (excluding diaryl/α,β-unsaturated/α-hetero) is 2. The zero-order chi connectivity index (χ0) is 7.44. The van der Waals surface area contributed by atoms with Gasteiger partial charge in [-0.05, 0) is 6.92 Å². The quantitative estimate of drug-likeness (QED) is 0.561. The standard InChI is InChI=1S/C5H6O4.Pr/c1-3(6)2-4(7)5(8)9;/h2H2,1H3,(H,8,9);. The summed E-state index contributed by atoms with van der Waals surface area (Å²) in [4.78, 5) is 29.9. The van der Waals surface area contributed by atoms with E-state index in [1.54, 1.807) is 0 Å². The number of ketones is 2. The van der Waals surface area contributed by atoms with Gasteiger partial charge in [0.2, 0.25) is 5.78 Å². The van der Waals surface area contributed by atoms with Crippen molar-refractivity contribution in [1.29, 1.82) is 0 Å². The molecule has 10 heavy (non-hydrogen) atoms. The Kier molecular flexibility index (Phi) is 7.59. The minimum Gasteiger partial charge on any atom is -0.475 e. The zero-order valence-electron chi connectivity index (χ0n) is 5.46. The molecule has 0 saturated heterocycles. The minimum absolute atomic E-state index is 0. The van der Waals surface area contributed by atoms with Gasteiger partial charge >= 0.3 is 5.97 Å². The van der Waals surface area contributed by atoms with Crippen LogP contribution in [0.1, 0.15) is 13.3 Å². The van der Waals surface area contributed by atoms with Gasteiger partial charge in [-0.3, -0.25) is 9.59 Å². The first-order valence-electron chi connectivity index (χ1n) is 2.29. The van der Waals surface area contributed by atoms with E-state index >= 15 is 0 Å². The number of hydrogen-bond acceptors (Lipinski definition) is 3. The van der Waals surface area contributed by atoms with Gasteiger partial charge in [-0.15, -0.1) is 0 Å². The third kappa shape index (κ3) is 6.30. The van der Waals surface area contributed by atoms with E-state index in [-0.39, 0.29) is 41.3 Å². The monoisotopic (exact) mass is 271 g/mol. The van der Waals surface area contributed by atoms with Gasteiger partial charge < -0.3 is 5.11 Å². The Bertz CT molecular complexity index is 163. The SMILES string of the molecule is CC(=O)CC(=O)C(=O)O.[Pr]. The fourth-order valence-corrected chi connectivity index (χ4v) is 0.302. The van der Waals surface area contributed by atoms with Gasteiger partial charge in [0.1, 0.15) is 5.78 Å². The molecule has 0 spiro atoms. The fraction of sp³-hybridized carbons (Fsp3) is 0.400. The van der Waals surface area contributed by atoms with Gasteiger partial charge in [0, 0.05) is 41.3 Å². The van der Waals surface area contributed by atoms with E-state index in [1.807, 2.05) is 0 Å². The molecule has 0 rings (SSSR count). The molecule has 5 heteroatoms. The predicted molar refractivity (Wildman–Crippen MR) is 27.9 cm³/mol. The molecule has 0 amide bonds. The van der Waals surface area contributed by atoms with Gasteiger partial charge in [0.05, 0.1) is 6.42 Å². The van der Waals surface area contributed by atoms with Crippen LogP contribution in [0.5, 0.6) is 0 Å². The fourth-order valence-electron chi connectivity index (χ4n) is 0.302. The van der Waals surface area contributed by atoms with Gasteiger partial charge in [-0.1, -0.05) is 0 Å². The zero-order valence-corrected chi connectivity index (χ0v) is 9.16. The second-order valence-electron chi connectivity index (χ2n) is 1.61. The van der Waals surface area contributed by atoms with Crippen LogP contribution in [0.2, 0.25) is 0 Å². The van der Waals surface area contributed by atoms with Crippen LogP contribution in [-0.4, -0.2) is 22.6 Å². The van der Waals surface area contributed by atoms with E-state index in [4.69, 9.17) is 5.11 Å². The van der Waals surface area contributed by atoms with Crippen LogP contribution >= 0.6 is 0 Å². The molecule has 0 aromatic carbocycles. The molecule has 53 valence electrons. The molecule has 1 N–H and O–H groups in total. The van der Waals surface area contributed by atoms with E-state index < -0.39 is 24.0 Å². The number of aliphatic carboxylic acids is 1. The molecule has 0 saturated carbocycles. The first kappa shape index (κ1) is 12.8. The summed E-state index contributed by atoms with van der Waals surface area (Å²) in [6.07, 6.45) is -0.505. The number of rotatable bonds is 3. The Morgan fingerprint density at radius 3 is 1.80 bits per heavy atom. The number of carboxylic acid groups (broad SMARTS) is 1. The summed E-state index contributed by atoms with van der Waals surface area (Å²) in [5.41, 5.74) is 0. The Labute approximate surface area is 90.9 Å². The molecule has 0 fully saturated rings. The van der Waals surface area contributed by atoms with Gasteiger partial charge in [0.15, 0.2) is 0 Å². The van der Waals surface area contributed by atoms with Crippen molar-refractivity contribution in [1.82, 2.24) is 0 Å². The van der Waals surface area contributed by atoms with Gasteiger partial charge in [-0.25, -0.2) is 4.79 Å². The molecule has 0 bridgehead atoms. The van der Waals surface area contributed by atoms with Crippen LogP contribution in [0, 0.1) is 41.3 Å². The van der Waals surface area contributed by atoms with Gasteiger partial charge in [0.25, 0.3) is 0 Å². The number of carbonyl (C=O) groups is 3. The maximum Gasteiger partial charge on any atom is 0.372 e. The smallest absolute Gasteiger partial charge is 0.372 e. The van der Waals surface area contributed by atoms with Crippen LogP contribution in [0.4, 0.5) is 0 Å². The van der Waals surface area contributed by atoms with Crippen molar-refractivity contribution in [2.45, 2.75) is 13.3 Å². The van der Waals surface area contributed by atoms with Crippen molar-refractivity contribution >= 4 is 17.5 Å². The molecular formula is C5H6O4Pr. The first-order chi connectivity index (χ1) is 4.04. The average molecular weight is 271 g/mol. The number of carboxylic acids is 1. The molecule has 0 aromatic heterocycles. The van der Waals surface area contributed by atoms with E-state index in [2.05, 4.69) is 0 Å². The molecule has 0 atom stereocenters. The van der Waals surface area contributed by atoms with Crippen LogP contribution in [0.25, 0.3) is 0 Å². The van der Waals surface area contributed by atoms with Crippen molar-refractivity contribution < 1.29 is 60.8 Å². The number of carbonyl (C=O) groups excluding carboxylic acids is 2. The maximum absolute atomic E-state index is 10.1. The topological polar surface area (TPSA) is 71.4 Å². The van der Waals surface area contributed by atoms with Crippen molar-refractivity contribution in [3.8, 4) is 0 Å². The molecule has 4 nitrogen and oxygen atoms in total. The molecular weight excluding hydrogens is 265 g/mol. The third-order valence-electron chi connectivity index (χ3n) is 0.648. The summed E-state index contributed by atoms with van der Waals surface area (Å²) in [6, 6.07) is 0. The normalized spacial score (nSPS) is 7.70. The van der Waals surface area contributed by atoms with Crippen molar-refractivity contribution in [3.05, 3.63) is 0 Å². The number of hydrogen-bond donors (Lipinski definition) is 1. The van der Waals surface area contributed by atoms with Crippen molar-refractivity contribution in [3.63, 3.8) is 0 Å². The third-order valence-corrected chi connectivity index (χ3v) is 0.648. The van der Waals surface area contributed by atoms with Crippen LogP contribution < -0.4 is 0 Å². The Morgan fingerprint density at radius 1 is 1.30 bits per heavy atom. The van der Waals surface area contributed by atoms with E-state index in [0.717, 1.165) is 0 Å². The van der Waals surface area contributed by atoms with Crippen LogP contribution in [0.15, 0.2) is 0 Å². The summed E-state index contributed by atoms with van der Waals surface area (Å²) in [7, 11) is 0. The predicted octanol–water partition coefficient (Wildman–Crippen LogP) is -0.381. The van der Waals surface area contributed by atoms with Gasteiger partial charge in [-0.2, -0.15) is 0 Å². The Hall–Kier alpha value is 0.174. The minimum atomic E-state index is -1.55. The molecule has 0 aliphatic heterocycles. The van der Waals surface area contributed by atoms with Crippen LogP contribution in [-0.2, 0) is 14.4 Å². The maximum atomic E-state index is 10.1. The van der Waals surface area contributed by atoms with E-state index in [1.165, 1.54) is 6.92 Å². The second kappa shape index (κ2) is 5.92. The molecule has 0 heterocycles. The molecule has 0 aromatic rings. The summed E-state index contributed by atoms with van der Waals surface area (Å²) in [5.74, 6) is -3.03. The second-order valence-corrected chi connectivity index (χ2v) is 1.61. The first-order valence-corrected chi connectivity index (χ1v) is 2.29. The van der Waals surface area contributed by atoms with E-state index in [0.29, 0.717) is 0 Å². The van der Waals surface area contributed by atoms with Crippen LogP contribution in [0.3, 0.4) is 0 Å². The summed E-state index contributed by atoms with van der Waals surface area (Å²) in [6.45, 7) is 1.17. The summed E-state index contributed by atoms with van der Waals surface area (Å²) >= 11 is 0. The largest absolute Gasteiger partial charge is 0.475 e. The van der Waals surface area contributed by atoms with E-state index in [9.17, 15) is 14.4 Å². The summed E-state index contributed by atoms with van der Waals surface area (Å²) in [5, 5.41) is 7.93. The Morgan fingerprint density at radius 2 is 1.70 bits per heavy atom. The summed E-state index contributed by atoms with van der Waals surface area (Å²) < 4.78 is 0.